The number of sulfone groups is 1. The summed E-state index contributed by atoms with van der Waals surface area (Å²) in [7, 11) is -4.06. The topological polar surface area (TPSA) is 54.4 Å². The van der Waals surface area contributed by atoms with Gasteiger partial charge in [0.25, 0.3) is 0 Å². The first-order chi connectivity index (χ1) is 11.3. The van der Waals surface area contributed by atoms with Crippen molar-refractivity contribution >= 4 is 21.4 Å². The van der Waals surface area contributed by atoms with Crippen molar-refractivity contribution in [2.75, 3.05) is 6.61 Å². The Morgan fingerprint density at radius 1 is 1.12 bits per heavy atom. The van der Waals surface area contributed by atoms with Crippen LogP contribution in [0.15, 0.2) is 47.4 Å². The van der Waals surface area contributed by atoms with Gasteiger partial charge in [0, 0.05) is 23.1 Å². The maximum absolute atomic E-state index is 14.2. The standard InChI is InChI=1S/C17H17ClF2O3S/c1-2-11(10-21)17(15-9-13(19)5-8-16(15)20)24(22,23)14-6-3-12(18)4-7-14/h3-9,11,17,21H,2,10H2,1H3. The quantitative estimate of drug-likeness (QED) is 0.826. The second-order valence-corrected chi connectivity index (χ2v) is 7.94. The summed E-state index contributed by atoms with van der Waals surface area (Å²) in [5.41, 5.74) is -0.286. The van der Waals surface area contributed by atoms with Gasteiger partial charge in [0.1, 0.15) is 11.6 Å². The van der Waals surface area contributed by atoms with Crippen molar-refractivity contribution in [3.63, 3.8) is 0 Å². The predicted octanol–water partition coefficient (Wildman–Crippen LogP) is 4.15. The van der Waals surface area contributed by atoms with E-state index < -0.39 is 39.2 Å². The summed E-state index contributed by atoms with van der Waals surface area (Å²) in [6.45, 7) is 1.21. The van der Waals surface area contributed by atoms with E-state index in [1.807, 2.05) is 0 Å². The van der Waals surface area contributed by atoms with Crippen LogP contribution in [0.25, 0.3) is 0 Å². The lowest BCUT2D eigenvalue weighted by Crippen LogP contribution is -2.26. The van der Waals surface area contributed by atoms with Gasteiger partial charge in [-0.15, -0.1) is 0 Å². The van der Waals surface area contributed by atoms with Gasteiger partial charge < -0.3 is 5.11 Å². The molecule has 0 bridgehead atoms. The largest absolute Gasteiger partial charge is 0.396 e. The lowest BCUT2D eigenvalue weighted by Gasteiger charge is -2.25. The van der Waals surface area contributed by atoms with Crippen molar-refractivity contribution in [2.24, 2.45) is 5.92 Å². The van der Waals surface area contributed by atoms with Crippen molar-refractivity contribution in [3.8, 4) is 0 Å². The summed E-state index contributed by atoms with van der Waals surface area (Å²) < 4.78 is 53.9. The molecule has 0 amide bonds. The molecule has 0 spiro atoms. The van der Waals surface area contributed by atoms with Crippen LogP contribution in [-0.2, 0) is 9.84 Å². The minimum atomic E-state index is -4.06. The lowest BCUT2D eigenvalue weighted by molar-refractivity contribution is 0.216. The fourth-order valence-corrected chi connectivity index (χ4v) is 4.85. The van der Waals surface area contributed by atoms with Crippen molar-refractivity contribution < 1.29 is 22.3 Å². The number of aliphatic hydroxyl groups is 1. The molecular formula is C17H17ClF2O3S. The Hall–Kier alpha value is -1.50. The molecule has 0 aliphatic heterocycles. The molecule has 0 aliphatic carbocycles. The van der Waals surface area contributed by atoms with Gasteiger partial charge >= 0.3 is 0 Å². The van der Waals surface area contributed by atoms with E-state index >= 15 is 0 Å². The third-order valence-electron chi connectivity index (χ3n) is 3.93. The SMILES string of the molecule is CCC(CO)C(c1cc(F)ccc1F)S(=O)(=O)c1ccc(Cl)cc1. The van der Waals surface area contributed by atoms with Gasteiger partial charge in [-0.05, 0) is 48.9 Å². The van der Waals surface area contributed by atoms with Crippen molar-refractivity contribution in [2.45, 2.75) is 23.5 Å². The molecule has 2 rings (SSSR count). The average Bonchev–Trinajstić information content (AvgIpc) is 2.55. The summed E-state index contributed by atoms with van der Waals surface area (Å²) in [4.78, 5) is -0.0625. The molecular weight excluding hydrogens is 358 g/mol. The molecule has 2 aromatic carbocycles. The summed E-state index contributed by atoms with van der Waals surface area (Å²) in [6.07, 6.45) is 0.282. The molecule has 130 valence electrons. The highest BCUT2D eigenvalue weighted by molar-refractivity contribution is 7.91. The molecule has 0 aromatic heterocycles. The Balaban J connectivity index is 2.66. The fraction of sp³-hybridized carbons (Fsp3) is 0.294. The van der Waals surface area contributed by atoms with E-state index in [0.717, 1.165) is 18.2 Å². The molecule has 7 heteroatoms. The number of hydrogen-bond donors (Lipinski definition) is 1. The Labute approximate surface area is 144 Å². The van der Waals surface area contributed by atoms with E-state index in [-0.39, 0.29) is 16.9 Å². The van der Waals surface area contributed by atoms with Gasteiger partial charge in [-0.2, -0.15) is 0 Å². The highest BCUT2D eigenvalue weighted by atomic mass is 35.5. The summed E-state index contributed by atoms with van der Waals surface area (Å²) >= 11 is 5.78. The van der Waals surface area contributed by atoms with Crippen molar-refractivity contribution in [3.05, 3.63) is 64.7 Å². The molecule has 0 saturated carbocycles. The molecule has 2 aromatic rings. The van der Waals surface area contributed by atoms with E-state index in [9.17, 15) is 22.3 Å². The zero-order valence-corrected chi connectivity index (χ0v) is 14.5. The summed E-state index contributed by atoms with van der Waals surface area (Å²) in [5, 5.41) is 8.53. The van der Waals surface area contributed by atoms with Crippen LogP contribution in [0.1, 0.15) is 24.2 Å². The van der Waals surface area contributed by atoms with Gasteiger partial charge in [0.2, 0.25) is 0 Å². The van der Waals surface area contributed by atoms with Gasteiger partial charge in [-0.25, -0.2) is 17.2 Å². The molecule has 0 aliphatic rings. The molecule has 0 radical (unpaired) electrons. The zero-order chi connectivity index (χ0) is 17.9. The van der Waals surface area contributed by atoms with Gasteiger partial charge in [0.15, 0.2) is 9.84 Å². The molecule has 1 N–H and O–H groups in total. The number of aliphatic hydroxyl groups excluding tert-OH is 1. The lowest BCUT2D eigenvalue weighted by atomic mass is 9.96. The Morgan fingerprint density at radius 3 is 2.29 bits per heavy atom. The van der Waals surface area contributed by atoms with Crippen LogP contribution in [0.5, 0.6) is 0 Å². The number of rotatable bonds is 6. The van der Waals surface area contributed by atoms with Gasteiger partial charge in [-0.1, -0.05) is 18.5 Å². The molecule has 2 unspecified atom stereocenters. The first-order valence-electron chi connectivity index (χ1n) is 7.36. The van der Waals surface area contributed by atoms with E-state index in [2.05, 4.69) is 0 Å². The first kappa shape index (κ1) is 18.8. The average molecular weight is 375 g/mol. The van der Waals surface area contributed by atoms with E-state index in [4.69, 9.17) is 11.6 Å². The zero-order valence-electron chi connectivity index (χ0n) is 12.9. The molecule has 3 nitrogen and oxygen atoms in total. The second kappa shape index (κ2) is 7.59. The first-order valence-corrected chi connectivity index (χ1v) is 9.29. The third-order valence-corrected chi connectivity index (χ3v) is 6.42. The van der Waals surface area contributed by atoms with Crippen molar-refractivity contribution in [1.29, 1.82) is 0 Å². The fourth-order valence-electron chi connectivity index (χ4n) is 2.62. The van der Waals surface area contributed by atoms with Crippen LogP contribution >= 0.6 is 11.6 Å². The number of hydrogen-bond acceptors (Lipinski definition) is 3. The van der Waals surface area contributed by atoms with E-state index in [0.29, 0.717) is 5.02 Å². The highest BCUT2D eigenvalue weighted by Crippen LogP contribution is 2.38. The van der Waals surface area contributed by atoms with E-state index in [1.54, 1.807) is 6.92 Å². The van der Waals surface area contributed by atoms with Crippen LogP contribution < -0.4 is 0 Å². The van der Waals surface area contributed by atoms with Gasteiger partial charge in [0.05, 0.1) is 10.1 Å². The van der Waals surface area contributed by atoms with Crippen LogP contribution in [0.4, 0.5) is 8.78 Å². The molecule has 24 heavy (non-hydrogen) atoms. The molecule has 0 heterocycles. The predicted molar refractivity (Wildman–Crippen MR) is 88.6 cm³/mol. The highest BCUT2D eigenvalue weighted by Gasteiger charge is 2.37. The monoisotopic (exact) mass is 374 g/mol. The maximum atomic E-state index is 14.2. The molecule has 2 atom stereocenters. The summed E-state index contributed by atoms with van der Waals surface area (Å²) in [5.74, 6) is -2.34. The van der Waals surface area contributed by atoms with Gasteiger partial charge in [-0.3, -0.25) is 0 Å². The normalized spacial score (nSPS) is 14.4. The van der Waals surface area contributed by atoms with Crippen LogP contribution in [0.2, 0.25) is 5.02 Å². The smallest absolute Gasteiger partial charge is 0.185 e. The Morgan fingerprint density at radius 2 is 1.75 bits per heavy atom. The number of benzene rings is 2. The Kier molecular flexibility index (Phi) is 5.96. The summed E-state index contributed by atoms with van der Waals surface area (Å²) in [6, 6.07) is 8.12. The second-order valence-electron chi connectivity index (χ2n) is 5.44. The maximum Gasteiger partial charge on any atom is 0.185 e. The minimum absolute atomic E-state index is 0.0625. The van der Waals surface area contributed by atoms with E-state index in [1.165, 1.54) is 24.3 Å². The van der Waals surface area contributed by atoms with Crippen molar-refractivity contribution in [1.82, 2.24) is 0 Å². The molecule has 0 saturated heterocycles. The Bertz CT molecular complexity index is 803. The minimum Gasteiger partial charge on any atom is -0.396 e. The van der Waals surface area contributed by atoms with Crippen LogP contribution in [-0.4, -0.2) is 20.1 Å². The third kappa shape index (κ3) is 3.77. The number of halogens is 3. The van der Waals surface area contributed by atoms with Crippen LogP contribution in [0, 0.1) is 17.6 Å². The molecule has 0 fully saturated rings. The van der Waals surface area contributed by atoms with Crippen LogP contribution in [0.3, 0.4) is 0 Å².